The smallest absolute Gasteiger partial charge is 0.290 e. The van der Waals surface area contributed by atoms with Crippen LogP contribution < -0.4 is 11.3 Å². The number of aromatic amines is 1. The third-order valence-electron chi connectivity index (χ3n) is 1.04. The fraction of sp³-hybridized carbons (Fsp3) is 0.250. The van der Waals surface area contributed by atoms with Gasteiger partial charge in [0, 0.05) is 7.05 Å². The average Bonchev–Trinajstić information content (AvgIpc) is 1.98. The monoisotopic (exact) mass is 191 g/mol. The van der Waals surface area contributed by atoms with E-state index < -0.39 is 0 Å². The first-order chi connectivity index (χ1) is 4.13. The van der Waals surface area contributed by atoms with E-state index in [0.29, 0.717) is 4.60 Å². The van der Waals surface area contributed by atoms with Gasteiger partial charge in [-0.05, 0) is 15.9 Å². The SMILES string of the molecule is Cn1[nH]c(Br)c(N)c1=O. The molecule has 0 aliphatic rings. The second-order valence-electron chi connectivity index (χ2n) is 1.70. The number of nitrogen functional groups attached to an aromatic ring is 1. The van der Waals surface area contributed by atoms with Crippen LogP contribution in [0.2, 0.25) is 0 Å². The normalized spacial score (nSPS) is 10.0. The zero-order valence-corrected chi connectivity index (χ0v) is 6.40. The molecule has 4 nitrogen and oxygen atoms in total. The van der Waals surface area contributed by atoms with Gasteiger partial charge in [-0.15, -0.1) is 0 Å². The number of nitrogens with two attached hydrogens (primary N) is 1. The summed E-state index contributed by atoms with van der Waals surface area (Å²) in [5.74, 6) is 0. The van der Waals surface area contributed by atoms with Gasteiger partial charge in [-0.3, -0.25) is 14.6 Å². The van der Waals surface area contributed by atoms with Gasteiger partial charge in [0.2, 0.25) is 0 Å². The molecule has 0 aromatic carbocycles. The second kappa shape index (κ2) is 1.91. The molecule has 3 N–H and O–H groups in total. The van der Waals surface area contributed by atoms with E-state index in [-0.39, 0.29) is 11.2 Å². The number of aromatic nitrogens is 2. The summed E-state index contributed by atoms with van der Waals surface area (Å²) in [6, 6.07) is 0. The van der Waals surface area contributed by atoms with Crippen LogP contribution in [0, 0.1) is 0 Å². The zero-order chi connectivity index (χ0) is 7.02. The van der Waals surface area contributed by atoms with Crippen LogP contribution in [0.1, 0.15) is 0 Å². The number of aryl methyl sites for hydroxylation is 1. The molecule has 0 aliphatic carbocycles. The number of hydrogen-bond acceptors (Lipinski definition) is 2. The fourth-order valence-corrected chi connectivity index (χ4v) is 0.968. The van der Waals surface area contributed by atoms with Crippen molar-refractivity contribution in [2.75, 3.05) is 5.73 Å². The van der Waals surface area contributed by atoms with E-state index in [1.54, 1.807) is 7.05 Å². The van der Waals surface area contributed by atoms with Gasteiger partial charge >= 0.3 is 0 Å². The Morgan fingerprint density at radius 2 is 2.33 bits per heavy atom. The maximum absolute atomic E-state index is 10.8. The van der Waals surface area contributed by atoms with E-state index in [0.717, 1.165) is 0 Å². The van der Waals surface area contributed by atoms with Gasteiger partial charge < -0.3 is 5.73 Å². The number of halogens is 1. The van der Waals surface area contributed by atoms with Crippen molar-refractivity contribution in [3.63, 3.8) is 0 Å². The van der Waals surface area contributed by atoms with Crippen molar-refractivity contribution in [2.45, 2.75) is 0 Å². The predicted molar refractivity (Wildman–Crippen MR) is 38.1 cm³/mol. The summed E-state index contributed by atoms with van der Waals surface area (Å²) in [6.07, 6.45) is 0. The molecule has 0 saturated carbocycles. The van der Waals surface area contributed by atoms with E-state index in [1.165, 1.54) is 4.68 Å². The third kappa shape index (κ3) is 0.873. The Bertz CT molecular complexity index is 274. The topological polar surface area (TPSA) is 63.8 Å². The summed E-state index contributed by atoms with van der Waals surface area (Å²) < 4.78 is 1.84. The highest BCUT2D eigenvalue weighted by Crippen LogP contribution is 2.09. The maximum Gasteiger partial charge on any atom is 0.290 e. The molecule has 0 spiro atoms. The van der Waals surface area contributed by atoms with Gasteiger partial charge in [0.25, 0.3) is 5.56 Å². The van der Waals surface area contributed by atoms with E-state index in [9.17, 15) is 4.79 Å². The average molecular weight is 192 g/mol. The van der Waals surface area contributed by atoms with Crippen molar-refractivity contribution < 1.29 is 0 Å². The van der Waals surface area contributed by atoms with Crippen LogP contribution in [0.4, 0.5) is 5.69 Å². The van der Waals surface area contributed by atoms with Gasteiger partial charge in [-0.1, -0.05) is 0 Å². The molecule has 9 heavy (non-hydrogen) atoms. The van der Waals surface area contributed by atoms with Gasteiger partial charge in [0.15, 0.2) is 0 Å². The molecule has 1 rings (SSSR count). The van der Waals surface area contributed by atoms with Crippen LogP contribution in [-0.2, 0) is 7.05 Å². The Morgan fingerprint density at radius 3 is 2.44 bits per heavy atom. The summed E-state index contributed by atoms with van der Waals surface area (Å²) in [4.78, 5) is 10.8. The number of anilines is 1. The van der Waals surface area contributed by atoms with Gasteiger partial charge in [0.1, 0.15) is 10.3 Å². The number of H-pyrrole nitrogens is 1. The highest BCUT2D eigenvalue weighted by Gasteiger charge is 2.03. The Kier molecular flexibility index (Phi) is 1.36. The molecule has 0 saturated heterocycles. The van der Waals surface area contributed by atoms with Crippen LogP contribution in [-0.4, -0.2) is 9.78 Å². The van der Waals surface area contributed by atoms with Gasteiger partial charge in [0.05, 0.1) is 0 Å². The molecule has 50 valence electrons. The summed E-state index contributed by atoms with van der Waals surface area (Å²) in [5, 5.41) is 2.67. The van der Waals surface area contributed by atoms with Crippen LogP contribution >= 0.6 is 15.9 Å². The summed E-state index contributed by atoms with van der Waals surface area (Å²) in [5.41, 5.74) is 5.30. The van der Waals surface area contributed by atoms with Crippen LogP contribution in [0.3, 0.4) is 0 Å². The molecule has 5 heteroatoms. The zero-order valence-electron chi connectivity index (χ0n) is 4.81. The molecular weight excluding hydrogens is 186 g/mol. The van der Waals surface area contributed by atoms with E-state index in [2.05, 4.69) is 21.0 Å². The first kappa shape index (κ1) is 6.41. The largest absolute Gasteiger partial charge is 0.392 e. The Hall–Kier alpha value is -0.710. The molecule has 0 fully saturated rings. The Morgan fingerprint density at radius 1 is 1.78 bits per heavy atom. The molecule has 0 bridgehead atoms. The van der Waals surface area contributed by atoms with Crippen molar-refractivity contribution in [2.24, 2.45) is 7.05 Å². The number of nitrogens with one attached hydrogen (secondary N) is 1. The van der Waals surface area contributed by atoms with Crippen molar-refractivity contribution >= 4 is 21.6 Å². The lowest BCUT2D eigenvalue weighted by atomic mass is 10.6. The van der Waals surface area contributed by atoms with Gasteiger partial charge in [-0.2, -0.15) is 0 Å². The van der Waals surface area contributed by atoms with E-state index in [4.69, 9.17) is 5.73 Å². The molecular formula is C4H6BrN3O. The predicted octanol–water partition coefficient (Wildman–Crippen LogP) is 0.0581. The molecule has 0 radical (unpaired) electrons. The summed E-state index contributed by atoms with van der Waals surface area (Å²) >= 11 is 3.07. The van der Waals surface area contributed by atoms with Crippen LogP contribution in [0.15, 0.2) is 9.40 Å². The van der Waals surface area contributed by atoms with Crippen LogP contribution in [0.25, 0.3) is 0 Å². The summed E-state index contributed by atoms with van der Waals surface area (Å²) in [7, 11) is 1.60. The van der Waals surface area contributed by atoms with Crippen molar-refractivity contribution in [3.8, 4) is 0 Å². The van der Waals surface area contributed by atoms with E-state index in [1.807, 2.05) is 0 Å². The highest BCUT2D eigenvalue weighted by atomic mass is 79.9. The minimum absolute atomic E-state index is 0.207. The number of hydrogen-bond donors (Lipinski definition) is 2. The molecule has 1 aromatic heterocycles. The molecule has 0 amide bonds. The lowest BCUT2D eigenvalue weighted by Crippen LogP contribution is -2.14. The first-order valence-corrected chi connectivity index (χ1v) is 3.12. The van der Waals surface area contributed by atoms with Crippen molar-refractivity contribution in [3.05, 3.63) is 15.0 Å². The first-order valence-electron chi connectivity index (χ1n) is 2.33. The van der Waals surface area contributed by atoms with Gasteiger partial charge in [-0.25, -0.2) is 0 Å². The molecule has 0 aliphatic heterocycles. The molecule has 1 aromatic rings. The maximum atomic E-state index is 10.8. The number of nitrogens with zero attached hydrogens (tertiary/aromatic N) is 1. The summed E-state index contributed by atoms with van der Waals surface area (Å²) in [6.45, 7) is 0. The quantitative estimate of drug-likeness (QED) is 0.610. The minimum atomic E-state index is -0.207. The highest BCUT2D eigenvalue weighted by molar-refractivity contribution is 9.10. The standard InChI is InChI=1S/C4H6BrN3O/c1-8-4(9)2(6)3(5)7-8/h7H,6H2,1H3. The van der Waals surface area contributed by atoms with Crippen molar-refractivity contribution in [1.29, 1.82) is 0 Å². The van der Waals surface area contributed by atoms with E-state index >= 15 is 0 Å². The third-order valence-corrected chi connectivity index (χ3v) is 1.64. The van der Waals surface area contributed by atoms with Crippen LogP contribution in [0.5, 0.6) is 0 Å². The Labute approximate surface area is 59.8 Å². The molecule has 1 heterocycles. The Balaban J connectivity index is 3.48. The second-order valence-corrected chi connectivity index (χ2v) is 2.50. The molecule has 0 unspecified atom stereocenters. The lowest BCUT2D eigenvalue weighted by Gasteiger charge is -1.81. The van der Waals surface area contributed by atoms with Crippen molar-refractivity contribution in [1.82, 2.24) is 9.78 Å². The molecule has 0 atom stereocenters. The lowest BCUT2D eigenvalue weighted by molar-refractivity contribution is 0.734. The number of rotatable bonds is 0. The fourth-order valence-electron chi connectivity index (χ4n) is 0.533. The minimum Gasteiger partial charge on any atom is -0.392 e.